The third kappa shape index (κ3) is 3.67. The maximum absolute atomic E-state index is 14.4. The summed E-state index contributed by atoms with van der Waals surface area (Å²) < 4.78 is 93.4. The number of rotatable bonds is 3. The first-order valence-electron chi connectivity index (χ1n) is 8.56. The van der Waals surface area contributed by atoms with E-state index in [1.54, 1.807) is 4.98 Å². The fourth-order valence-corrected chi connectivity index (χ4v) is 3.17. The predicted molar refractivity (Wildman–Crippen MR) is 91.7 cm³/mol. The van der Waals surface area contributed by atoms with Gasteiger partial charge in [-0.2, -0.15) is 31.4 Å². The minimum Gasteiger partial charge on any atom is -0.292 e. The minimum atomic E-state index is -4.87. The number of alkyl halides is 7. The summed E-state index contributed by atoms with van der Waals surface area (Å²) in [4.78, 5) is 27.6. The van der Waals surface area contributed by atoms with Crippen LogP contribution in [0.2, 0.25) is 0 Å². The van der Waals surface area contributed by atoms with E-state index in [-0.39, 0.29) is 11.2 Å². The van der Waals surface area contributed by atoms with Gasteiger partial charge in [0.05, 0.1) is 18.2 Å². The Bertz CT molecular complexity index is 1150. The van der Waals surface area contributed by atoms with Crippen LogP contribution in [0, 0.1) is 5.41 Å². The molecular formula is C17H15F7N4O2. The van der Waals surface area contributed by atoms with Crippen LogP contribution in [0.5, 0.6) is 0 Å². The first-order valence-corrected chi connectivity index (χ1v) is 8.56. The Morgan fingerprint density at radius 2 is 1.83 bits per heavy atom. The van der Waals surface area contributed by atoms with Crippen molar-refractivity contribution in [3.63, 3.8) is 0 Å². The molecule has 2 aromatic heterocycles. The molecule has 0 radical (unpaired) electrons. The number of H-pyrrole nitrogens is 2. The van der Waals surface area contributed by atoms with E-state index in [1.165, 1.54) is 6.92 Å². The fraction of sp³-hybridized carbons (Fsp3) is 0.471. The molecule has 6 nitrogen and oxygen atoms in total. The van der Waals surface area contributed by atoms with Gasteiger partial charge in [-0.15, -0.1) is 0 Å². The summed E-state index contributed by atoms with van der Waals surface area (Å²) in [6, 6.07) is -1.08. The molecule has 1 aliphatic rings. The zero-order valence-corrected chi connectivity index (χ0v) is 15.5. The molecule has 0 fully saturated rings. The third-order valence-corrected chi connectivity index (χ3v) is 5.03. The van der Waals surface area contributed by atoms with Crippen LogP contribution in [-0.4, -0.2) is 38.3 Å². The van der Waals surface area contributed by atoms with Gasteiger partial charge >= 0.3 is 18.0 Å². The third-order valence-electron chi connectivity index (χ3n) is 5.03. The van der Waals surface area contributed by atoms with Crippen molar-refractivity contribution in [3.05, 3.63) is 50.3 Å². The number of fused-ring (bicyclic) bond motifs is 1. The molecule has 13 heteroatoms. The molecule has 30 heavy (non-hydrogen) atoms. The van der Waals surface area contributed by atoms with Crippen LogP contribution in [0.3, 0.4) is 0 Å². The van der Waals surface area contributed by atoms with Crippen LogP contribution in [-0.2, 0) is 6.42 Å². The Balaban J connectivity index is 2.12. The van der Waals surface area contributed by atoms with Gasteiger partial charge in [0.15, 0.2) is 0 Å². The molecule has 0 saturated heterocycles. The molecule has 2 aromatic rings. The number of aromatic nitrogens is 4. The van der Waals surface area contributed by atoms with Gasteiger partial charge in [0.1, 0.15) is 22.6 Å². The molecule has 0 aliphatic heterocycles. The van der Waals surface area contributed by atoms with E-state index >= 15 is 0 Å². The molecule has 1 aliphatic carbocycles. The molecule has 164 valence electrons. The van der Waals surface area contributed by atoms with Gasteiger partial charge in [-0.05, 0) is 25.5 Å². The van der Waals surface area contributed by atoms with Gasteiger partial charge in [0.25, 0.3) is 5.56 Å². The molecular weight excluding hydrogens is 425 g/mol. The minimum absolute atomic E-state index is 0.0201. The summed E-state index contributed by atoms with van der Waals surface area (Å²) in [5.41, 5.74) is -5.94. The molecule has 0 saturated carbocycles. The van der Waals surface area contributed by atoms with Crippen molar-refractivity contribution in [1.82, 2.24) is 19.7 Å². The van der Waals surface area contributed by atoms with E-state index in [4.69, 9.17) is 0 Å². The Labute approximate surface area is 163 Å². The van der Waals surface area contributed by atoms with Gasteiger partial charge in [-0.3, -0.25) is 14.8 Å². The zero-order chi connectivity index (χ0) is 22.6. The van der Waals surface area contributed by atoms with E-state index < -0.39 is 58.7 Å². The van der Waals surface area contributed by atoms with Crippen molar-refractivity contribution in [2.45, 2.75) is 44.8 Å². The van der Waals surface area contributed by atoms with Gasteiger partial charge in [0.2, 0.25) is 0 Å². The fourth-order valence-electron chi connectivity index (χ4n) is 3.17. The smallest absolute Gasteiger partial charge is 0.292 e. The molecule has 3 rings (SSSR count). The SMILES string of the molecule is CC(C1=CC(F)C(C)(C(F)(F)F)C=C1)n1nc(CC(F)(F)F)c2c(=O)[nH]c(=O)[nH]c21. The molecule has 3 unspecified atom stereocenters. The second-order valence-electron chi connectivity index (χ2n) is 7.17. The van der Waals surface area contributed by atoms with Gasteiger partial charge < -0.3 is 0 Å². The topological polar surface area (TPSA) is 83.5 Å². The van der Waals surface area contributed by atoms with Gasteiger partial charge in [-0.1, -0.05) is 12.2 Å². The van der Waals surface area contributed by atoms with Crippen molar-refractivity contribution >= 4 is 11.0 Å². The number of hydrogen-bond donors (Lipinski definition) is 2. The van der Waals surface area contributed by atoms with Crippen LogP contribution in [0.25, 0.3) is 11.0 Å². The lowest BCUT2D eigenvalue weighted by atomic mass is 9.78. The second-order valence-corrected chi connectivity index (χ2v) is 7.17. The number of aromatic amines is 2. The lowest BCUT2D eigenvalue weighted by molar-refractivity contribution is -0.213. The Kier molecular flexibility index (Phi) is 4.98. The quantitative estimate of drug-likeness (QED) is 0.717. The molecule has 0 amide bonds. The standard InChI is InChI=1S/C17H15F7N4O2/c1-7(8-3-4-15(2,10(18)5-8)17(22,23)24)28-12-11(13(29)26-14(30)25-12)9(27-28)6-16(19,20)21/h3-5,7,10H,6H2,1-2H3,(H2,25,26,29,30). The van der Waals surface area contributed by atoms with Gasteiger partial charge in [-0.25, -0.2) is 13.9 Å². The molecule has 2 N–H and O–H groups in total. The molecule has 0 spiro atoms. The number of nitrogens with one attached hydrogen (secondary N) is 2. The molecule has 0 aromatic carbocycles. The largest absolute Gasteiger partial charge is 0.400 e. The maximum Gasteiger partial charge on any atom is 0.400 e. The lowest BCUT2D eigenvalue weighted by Crippen LogP contribution is -2.42. The van der Waals surface area contributed by atoms with Gasteiger partial charge in [0, 0.05) is 0 Å². The molecule has 0 bridgehead atoms. The monoisotopic (exact) mass is 440 g/mol. The predicted octanol–water partition coefficient (Wildman–Crippen LogP) is 3.48. The van der Waals surface area contributed by atoms with Crippen molar-refractivity contribution in [2.24, 2.45) is 5.41 Å². The average molecular weight is 440 g/mol. The first kappa shape index (κ1) is 21.8. The summed E-state index contributed by atoms with van der Waals surface area (Å²) >= 11 is 0. The van der Waals surface area contributed by atoms with Crippen molar-refractivity contribution in [3.8, 4) is 0 Å². The second kappa shape index (κ2) is 6.84. The summed E-state index contributed by atoms with van der Waals surface area (Å²) in [6.45, 7) is 2.01. The maximum atomic E-state index is 14.4. The number of halogens is 7. The summed E-state index contributed by atoms with van der Waals surface area (Å²) in [5.74, 6) is 0. The van der Waals surface area contributed by atoms with E-state index in [9.17, 15) is 40.3 Å². The van der Waals surface area contributed by atoms with E-state index in [0.717, 1.165) is 10.8 Å². The zero-order valence-electron chi connectivity index (χ0n) is 15.5. The number of allylic oxidation sites excluding steroid dienone is 4. The van der Waals surface area contributed by atoms with Crippen molar-refractivity contribution in [2.75, 3.05) is 0 Å². The van der Waals surface area contributed by atoms with Crippen LogP contribution in [0.1, 0.15) is 25.6 Å². The number of hydrogen-bond acceptors (Lipinski definition) is 3. The van der Waals surface area contributed by atoms with Crippen molar-refractivity contribution < 1.29 is 30.7 Å². The van der Waals surface area contributed by atoms with Crippen LogP contribution < -0.4 is 11.2 Å². The Morgan fingerprint density at radius 1 is 1.20 bits per heavy atom. The molecule has 2 heterocycles. The Morgan fingerprint density at radius 3 is 2.37 bits per heavy atom. The van der Waals surface area contributed by atoms with Crippen molar-refractivity contribution in [1.29, 1.82) is 0 Å². The highest BCUT2D eigenvalue weighted by Gasteiger charge is 2.55. The lowest BCUT2D eigenvalue weighted by Gasteiger charge is -2.34. The van der Waals surface area contributed by atoms with Crippen LogP contribution in [0.15, 0.2) is 33.4 Å². The average Bonchev–Trinajstić information content (AvgIpc) is 2.92. The van der Waals surface area contributed by atoms with E-state index in [0.29, 0.717) is 19.1 Å². The highest BCUT2D eigenvalue weighted by molar-refractivity contribution is 5.77. The molecule has 3 atom stereocenters. The summed E-state index contributed by atoms with van der Waals surface area (Å²) in [7, 11) is 0. The van der Waals surface area contributed by atoms with Crippen LogP contribution >= 0.6 is 0 Å². The van der Waals surface area contributed by atoms with Crippen LogP contribution in [0.4, 0.5) is 30.7 Å². The van der Waals surface area contributed by atoms with E-state index in [1.807, 2.05) is 0 Å². The summed E-state index contributed by atoms with van der Waals surface area (Å²) in [5, 5.41) is 3.23. The highest BCUT2D eigenvalue weighted by Crippen LogP contribution is 2.47. The first-order chi connectivity index (χ1) is 13.6. The Hall–Kier alpha value is -2.86. The highest BCUT2D eigenvalue weighted by atomic mass is 19.4. The summed E-state index contributed by atoms with van der Waals surface area (Å²) in [6.07, 6.45) is -11.3. The number of nitrogens with zero attached hydrogens (tertiary/aromatic N) is 2. The van der Waals surface area contributed by atoms with E-state index in [2.05, 4.69) is 10.1 Å². The normalized spacial score (nSPS) is 23.6.